The minimum absolute atomic E-state index is 0.220. The van der Waals surface area contributed by atoms with E-state index in [-0.39, 0.29) is 10.3 Å². The third-order valence-electron chi connectivity index (χ3n) is 4.34. The van der Waals surface area contributed by atoms with Crippen molar-refractivity contribution in [3.05, 3.63) is 44.9 Å². The van der Waals surface area contributed by atoms with Crippen LogP contribution in [-0.4, -0.2) is 18.3 Å². The van der Waals surface area contributed by atoms with Gasteiger partial charge >= 0.3 is 0 Å². The molecule has 0 fully saturated rings. The van der Waals surface area contributed by atoms with Gasteiger partial charge in [-0.1, -0.05) is 32.9 Å². The Labute approximate surface area is 163 Å². The second kappa shape index (κ2) is 7.68. The minimum atomic E-state index is -1.72. The predicted molar refractivity (Wildman–Crippen MR) is 111 cm³/mol. The highest BCUT2D eigenvalue weighted by Crippen LogP contribution is 2.37. The van der Waals surface area contributed by atoms with Crippen molar-refractivity contribution in [3.63, 3.8) is 0 Å². The van der Waals surface area contributed by atoms with Crippen LogP contribution in [0.15, 0.2) is 30.5 Å². The van der Waals surface area contributed by atoms with E-state index in [4.69, 9.17) is 16.0 Å². The summed E-state index contributed by atoms with van der Waals surface area (Å²) in [6.07, 6.45) is 1.69. The van der Waals surface area contributed by atoms with E-state index in [0.717, 1.165) is 9.26 Å². The molecule has 0 amide bonds. The van der Waals surface area contributed by atoms with E-state index in [1.54, 1.807) is 6.20 Å². The minimum Gasteiger partial charge on any atom is -0.413 e. The van der Waals surface area contributed by atoms with Gasteiger partial charge in [0.15, 0.2) is 8.32 Å². The van der Waals surface area contributed by atoms with Crippen LogP contribution in [-0.2, 0) is 11.0 Å². The maximum Gasteiger partial charge on any atom is 0.224 e. The van der Waals surface area contributed by atoms with Crippen LogP contribution in [0.2, 0.25) is 23.4 Å². The van der Waals surface area contributed by atoms with Gasteiger partial charge < -0.3 is 9.74 Å². The van der Waals surface area contributed by atoms with E-state index in [1.165, 1.54) is 5.56 Å². The van der Waals surface area contributed by atoms with Gasteiger partial charge in [0.1, 0.15) is 5.82 Å². The van der Waals surface area contributed by atoms with E-state index < -0.39 is 8.32 Å². The van der Waals surface area contributed by atoms with Gasteiger partial charge in [-0.25, -0.2) is 4.98 Å². The Hall–Kier alpha value is -0.703. The SMILES string of the molecule is CC(C)(C)[Si](C)(C)OCc1ccc(Nc2nc(Cl)ncc2I)cc1. The summed E-state index contributed by atoms with van der Waals surface area (Å²) in [5.41, 5.74) is 2.12. The molecule has 2 aromatic rings. The maximum absolute atomic E-state index is 6.25. The molecular weight excluding hydrogens is 453 g/mol. The molecule has 4 nitrogen and oxygen atoms in total. The Balaban J connectivity index is 2.02. The fraction of sp³-hybridized carbons (Fsp3) is 0.412. The second-order valence-corrected chi connectivity index (χ2v) is 13.5. The number of nitrogens with one attached hydrogen (secondary N) is 1. The quantitative estimate of drug-likeness (QED) is 0.327. The van der Waals surface area contributed by atoms with Crippen molar-refractivity contribution in [2.45, 2.75) is 45.5 Å². The highest BCUT2D eigenvalue weighted by molar-refractivity contribution is 14.1. The van der Waals surface area contributed by atoms with Crippen molar-refractivity contribution in [1.82, 2.24) is 9.97 Å². The van der Waals surface area contributed by atoms with Gasteiger partial charge in [-0.2, -0.15) is 4.98 Å². The van der Waals surface area contributed by atoms with Crippen molar-refractivity contribution in [1.29, 1.82) is 0 Å². The van der Waals surface area contributed by atoms with E-state index >= 15 is 0 Å². The largest absolute Gasteiger partial charge is 0.413 e. The first kappa shape index (κ1) is 19.6. The number of halogens is 2. The summed E-state index contributed by atoms with van der Waals surface area (Å²) in [6, 6.07) is 8.20. The Morgan fingerprint density at radius 2 is 1.83 bits per heavy atom. The summed E-state index contributed by atoms with van der Waals surface area (Å²) in [6.45, 7) is 11.9. The molecule has 0 aliphatic heterocycles. The molecule has 24 heavy (non-hydrogen) atoms. The third kappa shape index (κ3) is 5.14. The van der Waals surface area contributed by atoms with Crippen LogP contribution >= 0.6 is 34.2 Å². The van der Waals surface area contributed by atoms with Crippen molar-refractivity contribution in [2.75, 3.05) is 5.32 Å². The molecule has 0 spiro atoms. The van der Waals surface area contributed by atoms with Crippen LogP contribution in [0.3, 0.4) is 0 Å². The molecule has 0 atom stereocenters. The molecule has 1 aromatic heterocycles. The van der Waals surface area contributed by atoms with Crippen LogP contribution in [0.25, 0.3) is 0 Å². The van der Waals surface area contributed by atoms with Crippen LogP contribution in [0.4, 0.5) is 11.5 Å². The van der Waals surface area contributed by atoms with Gasteiger partial charge in [0.2, 0.25) is 5.28 Å². The average molecular weight is 476 g/mol. The molecule has 2 rings (SSSR count). The molecule has 1 aromatic carbocycles. The lowest BCUT2D eigenvalue weighted by Gasteiger charge is -2.36. The number of hydrogen-bond donors (Lipinski definition) is 1. The lowest BCUT2D eigenvalue weighted by Crippen LogP contribution is -2.40. The zero-order chi connectivity index (χ0) is 18.0. The smallest absolute Gasteiger partial charge is 0.224 e. The van der Waals surface area contributed by atoms with Crippen molar-refractivity contribution in [2.24, 2.45) is 0 Å². The van der Waals surface area contributed by atoms with Crippen molar-refractivity contribution >= 4 is 54.0 Å². The Morgan fingerprint density at radius 1 is 1.21 bits per heavy atom. The maximum atomic E-state index is 6.25. The molecule has 0 aliphatic carbocycles. The van der Waals surface area contributed by atoms with Gasteiger partial charge in [-0.3, -0.25) is 0 Å². The molecule has 0 unspecified atom stereocenters. The molecular formula is C17H23ClIN3OSi. The lowest BCUT2D eigenvalue weighted by molar-refractivity contribution is 0.276. The number of rotatable bonds is 5. The molecule has 0 saturated carbocycles. The van der Waals surface area contributed by atoms with E-state index in [2.05, 4.69) is 83.9 Å². The summed E-state index contributed by atoms with van der Waals surface area (Å²) in [4.78, 5) is 8.16. The zero-order valence-corrected chi connectivity index (χ0v) is 18.6. The Morgan fingerprint density at radius 3 is 2.42 bits per heavy atom. The van der Waals surface area contributed by atoms with Gasteiger partial charge in [0, 0.05) is 11.9 Å². The normalized spacial score (nSPS) is 12.3. The molecule has 0 saturated heterocycles. The number of benzene rings is 1. The van der Waals surface area contributed by atoms with Crippen LogP contribution < -0.4 is 5.32 Å². The van der Waals surface area contributed by atoms with E-state index in [0.29, 0.717) is 12.4 Å². The average Bonchev–Trinajstić information content (AvgIpc) is 2.49. The van der Waals surface area contributed by atoms with Gasteiger partial charge in [0.05, 0.1) is 10.2 Å². The molecule has 1 N–H and O–H groups in total. The van der Waals surface area contributed by atoms with Crippen molar-refractivity contribution in [3.8, 4) is 0 Å². The highest BCUT2D eigenvalue weighted by atomic mass is 127. The van der Waals surface area contributed by atoms with Crippen LogP contribution in [0, 0.1) is 3.57 Å². The molecule has 1 heterocycles. The summed E-state index contributed by atoms with van der Waals surface area (Å²) < 4.78 is 7.17. The zero-order valence-electron chi connectivity index (χ0n) is 14.7. The summed E-state index contributed by atoms with van der Waals surface area (Å²) in [5.74, 6) is 0.709. The topological polar surface area (TPSA) is 47.0 Å². The summed E-state index contributed by atoms with van der Waals surface area (Å²) in [5, 5.41) is 3.71. The number of hydrogen-bond acceptors (Lipinski definition) is 4. The van der Waals surface area contributed by atoms with Crippen molar-refractivity contribution < 1.29 is 4.43 Å². The molecule has 130 valence electrons. The predicted octanol–water partition coefficient (Wildman–Crippen LogP) is 6.00. The first-order valence-corrected chi connectivity index (χ1v) is 12.1. The first-order valence-electron chi connectivity index (χ1n) is 7.76. The van der Waals surface area contributed by atoms with Crippen LogP contribution in [0.5, 0.6) is 0 Å². The van der Waals surface area contributed by atoms with Crippen LogP contribution in [0.1, 0.15) is 26.3 Å². The third-order valence-corrected chi connectivity index (χ3v) is 9.79. The number of nitrogens with zero attached hydrogens (tertiary/aromatic N) is 2. The summed E-state index contributed by atoms with van der Waals surface area (Å²) in [7, 11) is -1.72. The number of anilines is 2. The fourth-order valence-corrected chi connectivity index (χ4v) is 3.22. The van der Waals surface area contributed by atoms with E-state index in [9.17, 15) is 0 Å². The Kier molecular flexibility index (Phi) is 6.27. The molecule has 0 bridgehead atoms. The first-order chi connectivity index (χ1) is 11.1. The molecule has 0 aliphatic rings. The van der Waals surface area contributed by atoms with Gasteiger partial charge in [0.25, 0.3) is 0 Å². The fourth-order valence-electron chi connectivity index (χ4n) is 1.73. The monoisotopic (exact) mass is 475 g/mol. The van der Waals surface area contributed by atoms with Gasteiger partial charge in [-0.15, -0.1) is 0 Å². The summed E-state index contributed by atoms with van der Waals surface area (Å²) >= 11 is 8.03. The van der Waals surface area contributed by atoms with E-state index in [1.807, 2.05) is 12.1 Å². The lowest BCUT2D eigenvalue weighted by atomic mass is 10.2. The second-order valence-electron chi connectivity index (χ2n) is 7.21. The molecule has 0 radical (unpaired) electrons. The standard InChI is InChI=1S/C17H23ClIN3OSi/c1-17(2,3)24(4,5)23-11-12-6-8-13(9-7-12)21-15-14(19)10-20-16(18)22-15/h6-10H,11H2,1-5H3,(H,20,21,22). The Bertz CT molecular complexity index is 702. The number of aromatic nitrogens is 2. The van der Waals surface area contributed by atoms with Gasteiger partial charge in [-0.05, 0) is 70.0 Å². The highest BCUT2D eigenvalue weighted by Gasteiger charge is 2.36. The molecule has 7 heteroatoms.